The van der Waals surface area contributed by atoms with Crippen LogP contribution in [0.2, 0.25) is 0 Å². The van der Waals surface area contributed by atoms with Crippen molar-refractivity contribution in [2.45, 2.75) is 11.3 Å². The third-order valence-electron chi connectivity index (χ3n) is 5.14. The second kappa shape index (κ2) is 5.82. The van der Waals surface area contributed by atoms with E-state index in [1.54, 1.807) is 7.11 Å². The summed E-state index contributed by atoms with van der Waals surface area (Å²) in [6.45, 7) is 0. The van der Waals surface area contributed by atoms with Crippen molar-refractivity contribution in [1.82, 2.24) is 0 Å². The Balaban J connectivity index is 1.54. The summed E-state index contributed by atoms with van der Waals surface area (Å²) in [5.74, 6) is 1.30. The molecule has 1 unspecified atom stereocenters. The minimum Gasteiger partial charge on any atom is -0.497 e. The van der Waals surface area contributed by atoms with Gasteiger partial charge in [0.1, 0.15) is 5.75 Å². The zero-order valence-corrected chi connectivity index (χ0v) is 14.8. The van der Waals surface area contributed by atoms with Crippen molar-refractivity contribution in [3.8, 4) is 5.75 Å². The van der Waals surface area contributed by atoms with Crippen LogP contribution in [0, 0.1) is 5.92 Å². The highest BCUT2D eigenvalue weighted by Gasteiger charge is 2.34. The van der Waals surface area contributed by atoms with Gasteiger partial charge in [0.05, 0.1) is 7.11 Å². The summed E-state index contributed by atoms with van der Waals surface area (Å²) in [7, 11) is 1.70. The van der Waals surface area contributed by atoms with Crippen LogP contribution in [-0.4, -0.2) is 7.11 Å². The van der Waals surface area contributed by atoms with Gasteiger partial charge in [-0.3, -0.25) is 0 Å². The number of benzene rings is 1. The highest BCUT2D eigenvalue weighted by atomic mass is 32.2. The highest BCUT2D eigenvalue weighted by Crippen LogP contribution is 2.51. The molecule has 4 aliphatic rings. The summed E-state index contributed by atoms with van der Waals surface area (Å²) in [6, 6.07) is 8.30. The van der Waals surface area contributed by atoms with E-state index in [2.05, 4.69) is 60.7 Å². The molecule has 0 aliphatic heterocycles. The Morgan fingerprint density at radius 2 is 1.84 bits per heavy atom. The van der Waals surface area contributed by atoms with E-state index in [4.69, 9.17) is 4.74 Å². The second-order valence-corrected chi connectivity index (χ2v) is 7.65. The number of thioether (sulfide) groups is 1. The Morgan fingerprint density at radius 3 is 2.68 bits per heavy atom. The molecule has 0 saturated heterocycles. The van der Waals surface area contributed by atoms with Gasteiger partial charge in [-0.1, -0.05) is 54.3 Å². The van der Waals surface area contributed by atoms with Crippen molar-refractivity contribution in [1.29, 1.82) is 0 Å². The van der Waals surface area contributed by atoms with E-state index in [-0.39, 0.29) is 0 Å². The maximum Gasteiger partial charge on any atom is 0.118 e. The topological polar surface area (TPSA) is 9.23 Å². The predicted octanol–water partition coefficient (Wildman–Crippen LogP) is 5.92. The molecule has 4 aliphatic carbocycles. The lowest BCUT2D eigenvalue weighted by atomic mass is 9.69. The number of hydrogen-bond acceptors (Lipinski definition) is 2. The minimum atomic E-state index is 0.399. The molecule has 1 nitrogen and oxygen atoms in total. The zero-order chi connectivity index (χ0) is 16.8. The third kappa shape index (κ3) is 2.40. The van der Waals surface area contributed by atoms with Gasteiger partial charge in [0.25, 0.3) is 0 Å². The molecule has 0 radical (unpaired) electrons. The molecular formula is C23H18OS. The van der Waals surface area contributed by atoms with Crippen LogP contribution in [0.15, 0.2) is 111 Å². The first kappa shape index (κ1) is 14.9. The maximum absolute atomic E-state index is 5.27. The van der Waals surface area contributed by atoms with Gasteiger partial charge in [-0.05, 0) is 64.6 Å². The summed E-state index contributed by atoms with van der Waals surface area (Å²) in [4.78, 5) is 2.58. The summed E-state index contributed by atoms with van der Waals surface area (Å²) in [6.07, 6.45) is 19.3. The molecule has 0 spiro atoms. The van der Waals surface area contributed by atoms with Gasteiger partial charge in [-0.25, -0.2) is 0 Å². The molecule has 0 bridgehead atoms. The van der Waals surface area contributed by atoms with Gasteiger partial charge in [0.15, 0.2) is 0 Å². The lowest BCUT2D eigenvalue weighted by Gasteiger charge is -2.36. The van der Waals surface area contributed by atoms with E-state index in [1.807, 2.05) is 23.9 Å². The smallest absolute Gasteiger partial charge is 0.118 e. The fourth-order valence-electron chi connectivity index (χ4n) is 3.93. The second-order valence-electron chi connectivity index (χ2n) is 6.53. The van der Waals surface area contributed by atoms with E-state index in [0.717, 1.165) is 12.2 Å². The Hall–Kier alpha value is -2.45. The molecule has 0 heterocycles. The van der Waals surface area contributed by atoms with Crippen LogP contribution < -0.4 is 4.74 Å². The molecule has 25 heavy (non-hydrogen) atoms. The Bertz CT molecular complexity index is 962. The first-order valence-corrected chi connectivity index (χ1v) is 9.39. The van der Waals surface area contributed by atoms with Crippen molar-refractivity contribution in [2.24, 2.45) is 5.92 Å². The lowest BCUT2D eigenvalue weighted by molar-refractivity contribution is 0.414. The van der Waals surface area contributed by atoms with Crippen molar-refractivity contribution in [3.63, 3.8) is 0 Å². The summed E-state index contributed by atoms with van der Waals surface area (Å²) >= 11 is 1.83. The van der Waals surface area contributed by atoms with E-state index < -0.39 is 0 Å². The van der Waals surface area contributed by atoms with Crippen LogP contribution in [0.3, 0.4) is 0 Å². The maximum atomic E-state index is 5.27. The van der Waals surface area contributed by atoms with Crippen molar-refractivity contribution in [2.75, 3.05) is 7.11 Å². The molecule has 122 valence electrons. The summed E-state index contributed by atoms with van der Waals surface area (Å²) in [5.41, 5.74) is 7.19. The number of methoxy groups -OCH3 is 1. The standard InChI is InChI=1S/C23H18OS/c1-24-18-9-11-19(12-10-18)25-21-14-8-17-6-5-15-3-2-4-16-7-13-20(21)23(17)22(15)16/h2,4-14,23H,3H2,1H3. The molecule has 2 heteroatoms. The molecule has 1 aromatic carbocycles. The van der Waals surface area contributed by atoms with Crippen LogP contribution in [0.25, 0.3) is 0 Å². The van der Waals surface area contributed by atoms with Crippen LogP contribution in [0.1, 0.15) is 6.42 Å². The predicted molar refractivity (Wildman–Crippen MR) is 105 cm³/mol. The van der Waals surface area contributed by atoms with Crippen LogP contribution in [0.5, 0.6) is 5.75 Å². The van der Waals surface area contributed by atoms with Gasteiger partial charge in [0, 0.05) is 15.7 Å². The first-order chi connectivity index (χ1) is 12.3. The third-order valence-corrected chi connectivity index (χ3v) is 6.24. The molecule has 0 amide bonds. The fourth-order valence-corrected chi connectivity index (χ4v) is 4.90. The molecule has 0 saturated carbocycles. The lowest BCUT2D eigenvalue weighted by Crippen LogP contribution is -2.22. The Kier molecular flexibility index (Phi) is 3.46. The molecule has 0 fully saturated rings. The average Bonchev–Trinajstić information content (AvgIpc) is 2.68. The largest absolute Gasteiger partial charge is 0.497 e. The molecule has 1 aromatic rings. The minimum absolute atomic E-state index is 0.399. The monoisotopic (exact) mass is 342 g/mol. The molecule has 5 rings (SSSR count). The normalized spacial score (nSPS) is 22.7. The van der Waals surface area contributed by atoms with Crippen molar-refractivity contribution < 1.29 is 4.74 Å². The van der Waals surface area contributed by atoms with Crippen LogP contribution in [-0.2, 0) is 0 Å². The van der Waals surface area contributed by atoms with E-state index in [0.29, 0.717) is 5.92 Å². The quantitative estimate of drug-likeness (QED) is 0.674. The summed E-state index contributed by atoms with van der Waals surface area (Å²) < 4.78 is 5.27. The summed E-state index contributed by atoms with van der Waals surface area (Å²) in [5, 5.41) is 0. The number of allylic oxidation sites excluding steroid dienone is 13. The molecule has 1 atom stereocenters. The Labute approximate surface area is 152 Å². The van der Waals surface area contributed by atoms with Gasteiger partial charge >= 0.3 is 0 Å². The van der Waals surface area contributed by atoms with Crippen molar-refractivity contribution in [3.05, 3.63) is 106 Å². The number of hydrogen-bond donors (Lipinski definition) is 0. The van der Waals surface area contributed by atoms with Gasteiger partial charge in [-0.2, -0.15) is 0 Å². The van der Waals surface area contributed by atoms with E-state index in [9.17, 15) is 0 Å². The van der Waals surface area contributed by atoms with Crippen LogP contribution >= 0.6 is 11.8 Å². The fraction of sp³-hybridized carbons (Fsp3) is 0.130. The molecule has 0 aromatic heterocycles. The number of ether oxygens (including phenoxy) is 1. The van der Waals surface area contributed by atoms with E-state index >= 15 is 0 Å². The van der Waals surface area contributed by atoms with Crippen LogP contribution in [0.4, 0.5) is 0 Å². The van der Waals surface area contributed by atoms with Gasteiger partial charge in [0.2, 0.25) is 0 Å². The first-order valence-electron chi connectivity index (χ1n) is 8.57. The Morgan fingerprint density at radius 1 is 0.960 bits per heavy atom. The van der Waals surface area contributed by atoms with Gasteiger partial charge < -0.3 is 4.74 Å². The average molecular weight is 342 g/mol. The SMILES string of the molecule is COc1ccc(SC2=CC=C3C=CC4=C5C(=CC=C2C35)C=CC4)cc1. The van der Waals surface area contributed by atoms with E-state index in [1.165, 1.54) is 37.7 Å². The highest BCUT2D eigenvalue weighted by molar-refractivity contribution is 8.03. The van der Waals surface area contributed by atoms with Crippen molar-refractivity contribution >= 4 is 11.8 Å². The number of rotatable bonds is 3. The molecular weight excluding hydrogens is 324 g/mol. The zero-order valence-electron chi connectivity index (χ0n) is 14.0. The van der Waals surface area contributed by atoms with Gasteiger partial charge in [-0.15, -0.1) is 0 Å². The molecule has 0 N–H and O–H groups in total.